The second kappa shape index (κ2) is 3.72. The fourth-order valence-corrected chi connectivity index (χ4v) is 2.48. The van der Waals surface area contributed by atoms with Gasteiger partial charge in [-0.3, -0.25) is 4.98 Å². The fraction of sp³-hybridized carbons (Fsp3) is 0. The molecule has 0 unspecified atom stereocenters. The number of nitrogens with zero attached hydrogens (tertiary/aromatic N) is 1. The number of hydrogen-bond acceptors (Lipinski definition) is 2. The van der Waals surface area contributed by atoms with E-state index in [1.165, 1.54) is 6.20 Å². The second-order valence-electron chi connectivity index (χ2n) is 2.81. The standard InChI is InChI=1S/C9H5Cl2IN2/c10-6-2-4(12)1-5-8(11)7(13)3-14-9(5)6/h1-3H,13H2. The summed E-state index contributed by atoms with van der Waals surface area (Å²) in [4.78, 5) is 4.14. The highest BCUT2D eigenvalue weighted by atomic mass is 127. The summed E-state index contributed by atoms with van der Waals surface area (Å²) in [5.74, 6) is 0. The average molecular weight is 339 g/mol. The van der Waals surface area contributed by atoms with Crippen LogP contribution in [0.15, 0.2) is 18.3 Å². The summed E-state index contributed by atoms with van der Waals surface area (Å²) in [5.41, 5.74) is 6.80. The van der Waals surface area contributed by atoms with Gasteiger partial charge in [0.1, 0.15) is 0 Å². The van der Waals surface area contributed by atoms with Crippen LogP contribution in [-0.2, 0) is 0 Å². The summed E-state index contributed by atoms with van der Waals surface area (Å²) < 4.78 is 1.01. The van der Waals surface area contributed by atoms with Crippen LogP contribution in [0.4, 0.5) is 5.69 Å². The maximum absolute atomic E-state index is 6.04. The molecule has 0 fully saturated rings. The Bertz CT molecular complexity index is 514. The minimum Gasteiger partial charge on any atom is -0.396 e. The first-order valence-corrected chi connectivity index (χ1v) is 5.62. The van der Waals surface area contributed by atoms with E-state index in [0.717, 1.165) is 8.96 Å². The third-order valence-corrected chi connectivity index (χ3v) is 3.18. The number of halogens is 3. The van der Waals surface area contributed by atoms with E-state index in [1.54, 1.807) is 0 Å². The van der Waals surface area contributed by atoms with Crippen molar-refractivity contribution in [1.82, 2.24) is 4.98 Å². The van der Waals surface area contributed by atoms with Crippen molar-refractivity contribution in [2.24, 2.45) is 0 Å². The molecule has 2 aromatic rings. The second-order valence-corrected chi connectivity index (χ2v) is 4.84. The van der Waals surface area contributed by atoms with Crippen molar-refractivity contribution in [2.75, 3.05) is 5.73 Å². The molecule has 0 radical (unpaired) electrons. The summed E-state index contributed by atoms with van der Waals surface area (Å²) >= 11 is 14.2. The van der Waals surface area contributed by atoms with E-state index in [9.17, 15) is 0 Å². The Hall–Kier alpha value is -0.260. The molecular formula is C9H5Cl2IN2. The number of benzene rings is 1. The highest BCUT2D eigenvalue weighted by Gasteiger charge is 2.08. The number of hydrogen-bond donors (Lipinski definition) is 1. The van der Waals surface area contributed by atoms with Gasteiger partial charge in [-0.15, -0.1) is 0 Å². The molecule has 0 amide bonds. The molecule has 2 nitrogen and oxygen atoms in total. The maximum atomic E-state index is 6.04. The third-order valence-electron chi connectivity index (χ3n) is 1.85. The zero-order chi connectivity index (χ0) is 10.3. The van der Waals surface area contributed by atoms with Gasteiger partial charge in [-0.25, -0.2) is 0 Å². The molecule has 0 aliphatic rings. The predicted molar refractivity (Wildman–Crippen MR) is 68.9 cm³/mol. The lowest BCUT2D eigenvalue weighted by atomic mass is 10.2. The van der Waals surface area contributed by atoms with Crippen molar-refractivity contribution >= 4 is 62.4 Å². The largest absolute Gasteiger partial charge is 0.396 e. The smallest absolute Gasteiger partial charge is 0.0905 e. The molecule has 2 N–H and O–H groups in total. The molecule has 0 atom stereocenters. The van der Waals surface area contributed by atoms with Gasteiger partial charge in [0.2, 0.25) is 0 Å². The molecule has 5 heteroatoms. The van der Waals surface area contributed by atoms with Gasteiger partial charge in [0.25, 0.3) is 0 Å². The van der Waals surface area contributed by atoms with Crippen molar-refractivity contribution in [3.8, 4) is 0 Å². The summed E-state index contributed by atoms with van der Waals surface area (Å²) in [5, 5.41) is 1.90. The van der Waals surface area contributed by atoms with Gasteiger partial charge >= 0.3 is 0 Å². The minimum absolute atomic E-state index is 0.470. The van der Waals surface area contributed by atoms with Gasteiger partial charge in [-0.1, -0.05) is 23.2 Å². The first kappa shape index (κ1) is 10.3. The van der Waals surface area contributed by atoms with E-state index in [0.29, 0.717) is 21.2 Å². The van der Waals surface area contributed by atoms with Crippen molar-refractivity contribution in [1.29, 1.82) is 0 Å². The molecule has 1 aromatic carbocycles. The van der Waals surface area contributed by atoms with Crippen LogP contribution in [0.5, 0.6) is 0 Å². The third kappa shape index (κ3) is 1.64. The van der Waals surface area contributed by atoms with Gasteiger partial charge < -0.3 is 5.73 Å². The quantitative estimate of drug-likeness (QED) is 0.743. The molecule has 14 heavy (non-hydrogen) atoms. The molecule has 1 heterocycles. The molecule has 0 aliphatic carbocycles. The van der Waals surface area contributed by atoms with E-state index < -0.39 is 0 Å². The molecule has 0 bridgehead atoms. The van der Waals surface area contributed by atoms with Crippen molar-refractivity contribution < 1.29 is 0 Å². The number of pyridine rings is 1. The van der Waals surface area contributed by atoms with Crippen LogP contribution in [0.25, 0.3) is 10.9 Å². The topological polar surface area (TPSA) is 38.9 Å². The van der Waals surface area contributed by atoms with Crippen molar-refractivity contribution in [3.05, 3.63) is 31.9 Å². The molecule has 1 aromatic heterocycles. The number of fused-ring (bicyclic) bond motifs is 1. The number of aromatic nitrogens is 1. The Morgan fingerprint density at radius 1 is 1.29 bits per heavy atom. The van der Waals surface area contributed by atoms with E-state index in [4.69, 9.17) is 28.9 Å². The fourth-order valence-electron chi connectivity index (χ4n) is 1.21. The molecule has 2 rings (SSSR count). The molecule has 72 valence electrons. The Morgan fingerprint density at radius 2 is 2.00 bits per heavy atom. The Kier molecular flexibility index (Phi) is 2.72. The molecule has 0 saturated heterocycles. The molecule has 0 spiro atoms. The van der Waals surface area contributed by atoms with Crippen LogP contribution in [0, 0.1) is 3.57 Å². The van der Waals surface area contributed by atoms with Gasteiger partial charge in [-0.05, 0) is 34.7 Å². The van der Waals surface area contributed by atoms with Crippen molar-refractivity contribution in [3.63, 3.8) is 0 Å². The number of nitrogen functional groups attached to an aromatic ring is 1. The minimum atomic E-state index is 0.470. The Morgan fingerprint density at radius 3 is 2.71 bits per heavy atom. The normalized spacial score (nSPS) is 10.8. The molecular weight excluding hydrogens is 334 g/mol. The Balaban J connectivity index is 2.95. The highest BCUT2D eigenvalue weighted by molar-refractivity contribution is 14.1. The van der Waals surface area contributed by atoms with Crippen molar-refractivity contribution in [2.45, 2.75) is 0 Å². The number of anilines is 1. The zero-order valence-corrected chi connectivity index (χ0v) is 10.6. The van der Waals surface area contributed by atoms with Crippen LogP contribution >= 0.6 is 45.8 Å². The van der Waals surface area contributed by atoms with Gasteiger partial charge in [-0.2, -0.15) is 0 Å². The first-order chi connectivity index (χ1) is 6.59. The van der Waals surface area contributed by atoms with Crippen LogP contribution in [-0.4, -0.2) is 4.98 Å². The predicted octanol–water partition coefficient (Wildman–Crippen LogP) is 3.73. The zero-order valence-electron chi connectivity index (χ0n) is 6.89. The molecule has 0 aliphatic heterocycles. The summed E-state index contributed by atoms with van der Waals surface area (Å²) in [7, 11) is 0. The van der Waals surface area contributed by atoms with Crippen LogP contribution in [0.3, 0.4) is 0 Å². The number of rotatable bonds is 0. The van der Waals surface area contributed by atoms with E-state index in [2.05, 4.69) is 27.6 Å². The van der Waals surface area contributed by atoms with Gasteiger partial charge in [0.15, 0.2) is 0 Å². The van der Waals surface area contributed by atoms with E-state index in [-0.39, 0.29) is 0 Å². The average Bonchev–Trinajstić information content (AvgIpc) is 2.12. The summed E-state index contributed by atoms with van der Waals surface area (Å²) in [6, 6.07) is 3.75. The lowest BCUT2D eigenvalue weighted by Crippen LogP contribution is -1.90. The van der Waals surface area contributed by atoms with E-state index in [1.807, 2.05) is 12.1 Å². The van der Waals surface area contributed by atoms with Crippen LogP contribution in [0.2, 0.25) is 10.0 Å². The summed E-state index contributed by atoms with van der Waals surface area (Å²) in [6.45, 7) is 0. The SMILES string of the molecule is Nc1cnc2c(Cl)cc(I)cc2c1Cl. The number of nitrogens with two attached hydrogens (primary N) is 1. The highest BCUT2D eigenvalue weighted by Crippen LogP contribution is 2.32. The maximum Gasteiger partial charge on any atom is 0.0905 e. The van der Waals surface area contributed by atoms with Crippen LogP contribution in [0.1, 0.15) is 0 Å². The lowest BCUT2D eigenvalue weighted by molar-refractivity contribution is 1.41. The summed E-state index contributed by atoms with van der Waals surface area (Å²) in [6.07, 6.45) is 1.52. The first-order valence-electron chi connectivity index (χ1n) is 3.78. The Labute approximate surface area is 105 Å². The molecule has 0 saturated carbocycles. The van der Waals surface area contributed by atoms with Gasteiger partial charge in [0, 0.05) is 8.96 Å². The lowest BCUT2D eigenvalue weighted by Gasteiger charge is -2.05. The van der Waals surface area contributed by atoms with E-state index >= 15 is 0 Å². The monoisotopic (exact) mass is 338 g/mol. The van der Waals surface area contributed by atoms with Gasteiger partial charge in [0.05, 0.1) is 27.4 Å². The van der Waals surface area contributed by atoms with Crippen LogP contribution < -0.4 is 5.73 Å².